The lowest BCUT2D eigenvalue weighted by atomic mass is 10.3. The Morgan fingerprint density at radius 1 is 1.39 bits per heavy atom. The number of thiophene rings is 1. The van der Waals surface area contributed by atoms with Crippen molar-refractivity contribution in [3.8, 4) is 0 Å². The molecule has 0 amide bonds. The van der Waals surface area contributed by atoms with Gasteiger partial charge in [0.05, 0.1) is 16.4 Å². The van der Waals surface area contributed by atoms with Gasteiger partial charge in [-0.15, -0.1) is 11.3 Å². The molecule has 0 spiro atoms. The third-order valence-electron chi connectivity index (χ3n) is 2.84. The Morgan fingerprint density at radius 3 is 2.50 bits per heavy atom. The van der Waals surface area contributed by atoms with Crippen molar-refractivity contribution >= 4 is 31.2 Å². The molecular weight excluding hydrogens is 294 g/mol. The minimum Gasteiger partial charge on any atom is -0.229 e. The van der Waals surface area contributed by atoms with Gasteiger partial charge in [-0.2, -0.15) is 0 Å². The second-order valence-corrected chi connectivity index (χ2v) is 9.87. The van der Waals surface area contributed by atoms with Gasteiger partial charge in [0.25, 0.3) is 0 Å². The van der Waals surface area contributed by atoms with E-state index in [1.54, 1.807) is 13.0 Å². The van der Waals surface area contributed by atoms with Crippen LogP contribution in [0, 0.1) is 13.8 Å². The molecule has 2 heterocycles. The molecule has 1 aliphatic rings. The van der Waals surface area contributed by atoms with Crippen molar-refractivity contribution in [2.45, 2.75) is 31.2 Å². The molecule has 18 heavy (non-hydrogen) atoms. The van der Waals surface area contributed by atoms with Gasteiger partial charge >= 0.3 is 0 Å². The standard InChI is InChI=1S/C10H15NO4S3/c1-7-5-10(8(2)16-7)18(14,15)11-9-3-4-17(12,13)6-9/h5,9,11H,3-4,6H2,1-2H3/t9-/m1/s1. The molecule has 102 valence electrons. The van der Waals surface area contributed by atoms with Crippen LogP contribution in [-0.4, -0.2) is 34.4 Å². The van der Waals surface area contributed by atoms with Crippen LogP contribution in [0.25, 0.3) is 0 Å². The normalized spacial score (nSPS) is 23.3. The first kappa shape index (κ1) is 14.0. The maximum absolute atomic E-state index is 12.1. The van der Waals surface area contributed by atoms with E-state index in [2.05, 4.69) is 4.72 Å². The number of hydrogen-bond acceptors (Lipinski definition) is 5. The van der Waals surface area contributed by atoms with Gasteiger partial charge in [0, 0.05) is 15.8 Å². The first-order valence-corrected chi connectivity index (χ1v) is 9.61. The van der Waals surface area contributed by atoms with Crippen LogP contribution in [0.2, 0.25) is 0 Å². The number of aryl methyl sites for hydroxylation is 2. The van der Waals surface area contributed by atoms with Gasteiger partial charge in [-0.3, -0.25) is 0 Å². The fraction of sp³-hybridized carbons (Fsp3) is 0.600. The highest BCUT2D eigenvalue weighted by Crippen LogP contribution is 2.25. The van der Waals surface area contributed by atoms with E-state index in [1.807, 2.05) is 6.92 Å². The van der Waals surface area contributed by atoms with Gasteiger partial charge in [0.15, 0.2) is 9.84 Å². The summed E-state index contributed by atoms with van der Waals surface area (Å²) in [6, 6.07) is 1.12. The van der Waals surface area contributed by atoms with Crippen molar-refractivity contribution in [2.75, 3.05) is 11.5 Å². The summed E-state index contributed by atoms with van der Waals surface area (Å²) in [7, 11) is -6.69. The van der Waals surface area contributed by atoms with Gasteiger partial charge in [0.1, 0.15) is 0 Å². The lowest BCUT2D eigenvalue weighted by Gasteiger charge is -2.11. The molecule has 1 N–H and O–H groups in total. The van der Waals surface area contributed by atoms with Crippen LogP contribution < -0.4 is 4.72 Å². The Hall–Kier alpha value is -0.440. The van der Waals surface area contributed by atoms with Gasteiger partial charge in [-0.1, -0.05) is 0 Å². The lowest BCUT2D eigenvalue weighted by Crippen LogP contribution is -2.35. The van der Waals surface area contributed by atoms with Crippen molar-refractivity contribution in [1.82, 2.24) is 4.72 Å². The average Bonchev–Trinajstić information content (AvgIpc) is 2.69. The molecule has 1 aromatic heterocycles. The van der Waals surface area contributed by atoms with Crippen molar-refractivity contribution in [2.24, 2.45) is 0 Å². The van der Waals surface area contributed by atoms with E-state index in [0.29, 0.717) is 6.42 Å². The summed E-state index contributed by atoms with van der Waals surface area (Å²) in [5, 5.41) is 0. The number of hydrogen-bond donors (Lipinski definition) is 1. The molecule has 0 unspecified atom stereocenters. The molecule has 2 rings (SSSR count). The maximum atomic E-state index is 12.1. The van der Waals surface area contributed by atoms with E-state index in [9.17, 15) is 16.8 Å². The largest absolute Gasteiger partial charge is 0.241 e. The van der Waals surface area contributed by atoms with Gasteiger partial charge < -0.3 is 0 Å². The van der Waals surface area contributed by atoms with E-state index in [-0.39, 0.29) is 16.4 Å². The molecule has 0 aliphatic carbocycles. The summed E-state index contributed by atoms with van der Waals surface area (Å²) in [4.78, 5) is 1.90. The number of rotatable bonds is 3. The van der Waals surface area contributed by atoms with Crippen LogP contribution in [0.3, 0.4) is 0 Å². The molecule has 0 saturated carbocycles. The smallest absolute Gasteiger partial charge is 0.229 e. The number of sulfone groups is 1. The quantitative estimate of drug-likeness (QED) is 0.897. The second kappa shape index (κ2) is 4.59. The van der Waals surface area contributed by atoms with Crippen molar-refractivity contribution in [1.29, 1.82) is 0 Å². The average molecular weight is 309 g/mol. The number of nitrogens with one attached hydrogen (secondary N) is 1. The minimum absolute atomic E-state index is 0.0574. The van der Waals surface area contributed by atoms with E-state index >= 15 is 0 Å². The van der Waals surface area contributed by atoms with E-state index < -0.39 is 25.9 Å². The summed E-state index contributed by atoms with van der Waals surface area (Å²) in [5.41, 5.74) is 0. The third kappa shape index (κ3) is 2.93. The minimum atomic E-state index is -3.61. The van der Waals surface area contributed by atoms with Gasteiger partial charge in [-0.25, -0.2) is 21.6 Å². The first-order chi connectivity index (χ1) is 8.20. The maximum Gasteiger partial charge on any atom is 0.241 e. The Bertz CT molecular complexity index is 657. The molecule has 1 aliphatic heterocycles. The summed E-state index contributed by atoms with van der Waals surface area (Å²) >= 11 is 1.42. The molecule has 1 fully saturated rings. The Morgan fingerprint density at radius 2 is 2.06 bits per heavy atom. The fourth-order valence-electron chi connectivity index (χ4n) is 2.05. The van der Waals surface area contributed by atoms with Crippen LogP contribution in [0.5, 0.6) is 0 Å². The Balaban J connectivity index is 2.21. The van der Waals surface area contributed by atoms with Crippen LogP contribution in [0.1, 0.15) is 16.2 Å². The molecular formula is C10H15NO4S3. The molecule has 0 aromatic carbocycles. The zero-order valence-electron chi connectivity index (χ0n) is 10.1. The number of sulfonamides is 1. The van der Waals surface area contributed by atoms with Crippen LogP contribution in [-0.2, 0) is 19.9 Å². The molecule has 1 saturated heterocycles. The molecule has 0 bridgehead atoms. The molecule has 1 atom stereocenters. The van der Waals surface area contributed by atoms with Crippen molar-refractivity contribution < 1.29 is 16.8 Å². The van der Waals surface area contributed by atoms with E-state index in [4.69, 9.17) is 0 Å². The van der Waals surface area contributed by atoms with Gasteiger partial charge in [-0.05, 0) is 26.3 Å². The van der Waals surface area contributed by atoms with Gasteiger partial charge in [0.2, 0.25) is 10.0 Å². The molecule has 0 radical (unpaired) electrons. The Kier molecular flexibility index (Phi) is 3.56. The van der Waals surface area contributed by atoms with Crippen molar-refractivity contribution in [3.05, 3.63) is 15.8 Å². The predicted molar refractivity (Wildman–Crippen MR) is 71.2 cm³/mol. The van der Waals surface area contributed by atoms with E-state index in [1.165, 1.54) is 11.3 Å². The highest BCUT2D eigenvalue weighted by Gasteiger charge is 2.32. The summed E-state index contributed by atoms with van der Waals surface area (Å²) in [5.74, 6) is -0.0454. The van der Waals surface area contributed by atoms with Crippen LogP contribution in [0.4, 0.5) is 0 Å². The highest BCUT2D eigenvalue weighted by atomic mass is 32.2. The Labute approximate surface area is 111 Å². The first-order valence-electron chi connectivity index (χ1n) is 5.49. The summed E-state index contributed by atoms with van der Waals surface area (Å²) in [6.45, 7) is 3.59. The fourth-order valence-corrected chi connectivity index (χ4v) is 6.65. The zero-order valence-corrected chi connectivity index (χ0v) is 12.6. The SMILES string of the molecule is Cc1cc(S(=O)(=O)N[C@@H]2CCS(=O)(=O)C2)c(C)s1. The second-order valence-electron chi connectivity index (χ2n) is 4.50. The zero-order chi connectivity index (χ0) is 13.6. The molecule has 5 nitrogen and oxygen atoms in total. The highest BCUT2D eigenvalue weighted by molar-refractivity contribution is 7.92. The van der Waals surface area contributed by atoms with Crippen molar-refractivity contribution in [3.63, 3.8) is 0 Å². The van der Waals surface area contributed by atoms with E-state index in [0.717, 1.165) is 9.75 Å². The van der Waals surface area contributed by atoms with Crippen LogP contribution >= 0.6 is 11.3 Å². The van der Waals surface area contributed by atoms with Crippen LogP contribution in [0.15, 0.2) is 11.0 Å². The molecule has 1 aromatic rings. The molecule has 8 heteroatoms. The monoisotopic (exact) mass is 309 g/mol. The third-order valence-corrected chi connectivity index (χ3v) is 7.35. The summed E-state index contributed by atoms with van der Waals surface area (Å²) in [6.07, 6.45) is 0.351. The topological polar surface area (TPSA) is 80.3 Å². The predicted octanol–water partition coefficient (Wildman–Crippen LogP) is 0.830. The summed E-state index contributed by atoms with van der Waals surface area (Å²) < 4.78 is 49.4. The lowest BCUT2D eigenvalue weighted by molar-refractivity contribution is 0.562.